The van der Waals surface area contributed by atoms with Gasteiger partial charge in [0.05, 0.1) is 6.54 Å². The van der Waals surface area contributed by atoms with E-state index < -0.39 is 27.3 Å². The fourth-order valence-electron chi connectivity index (χ4n) is 1.58. The number of hydrogen-bond acceptors (Lipinski definition) is 4. The van der Waals surface area contributed by atoms with E-state index in [1.807, 2.05) is 0 Å². The maximum atomic E-state index is 11.8. The lowest BCUT2D eigenvalue weighted by Crippen LogP contribution is -2.43. The second kappa shape index (κ2) is 4.60. The molecule has 0 radical (unpaired) electrons. The number of rotatable bonds is 1. The highest BCUT2D eigenvalue weighted by atomic mass is 127. The summed E-state index contributed by atoms with van der Waals surface area (Å²) >= 11 is 1.74. The van der Waals surface area contributed by atoms with Crippen LogP contribution in [-0.4, -0.2) is 49.0 Å². The molecule has 7 heteroatoms. The maximum Gasteiger partial charge on any atom is 0.411 e. The minimum absolute atomic E-state index is 0.00212. The lowest BCUT2D eigenvalue weighted by atomic mass is 10.2. The van der Waals surface area contributed by atoms with Crippen LogP contribution in [0.1, 0.15) is 27.2 Å². The van der Waals surface area contributed by atoms with E-state index in [1.54, 1.807) is 43.4 Å². The number of carbonyl (C=O) groups is 2. The van der Waals surface area contributed by atoms with Crippen molar-refractivity contribution in [3.8, 4) is 0 Å². The average Bonchev–Trinajstić information content (AvgIpc) is 2.38. The van der Waals surface area contributed by atoms with Crippen LogP contribution in [0, 0.1) is 0 Å². The number of carboxylic acid groups (broad SMARTS) is 1. The molecule has 0 bridgehead atoms. The average molecular weight is 357 g/mol. The van der Waals surface area contributed by atoms with Crippen molar-refractivity contribution in [3.63, 3.8) is 0 Å². The summed E-state index contributed by atoms with van der Waals surface area (Å²) in [5.41, 5.74) is -0.688. The van der Waals surface area contributed by atoms with Gasteiger partial charge in [-0.3, -0.25) is 4.90 Å². The standard InChI is InChI=1S/C10H16INO5/c1-9(2,3)17-8(15)12-5-10(11,16)4-6(12)7(13)14/h6,16H,4-5H2,1-3H3,(H,13,14)/t6-,10-/m1/s1. The van der Waals surface area contributed by atoms with Gasteiger partial charge in [-0.25, -0.2) is 9.59 Å². The molecule has 1 amide bonds. The molecule has 0 unspecified atom stereocenters. The fraction of sp³-hybridized carbons (Fsp3) is 0.800. The number of ether oxygens (including phenoxy) is 1. The molecule has 1 heterocycles. The number of aliphatic hydroxyl groups is 1. The lowest BCUT2D eigenvalue weighted by Gasteiger charge is -2.26. The molecule has 1 saturated heterocycles. The van der Waals surface area contributed by atoms with Crippen molar-refractivity contribution in [1.82, 2.24) is 4.90 Å². The first-order chi connectivity index (χ1) is 7.52. The summed E-state index contributed by atoms with van der Waals surface area (Å²) in [6.45, 7) is 5.06. The van der Waals surface area contributed by atoms with Crippen molar-refractivity contribution in [2.45, 2.75) is 42.4 Å². The van der Waals surface area contributed by atoms with Gasteiger partial charge < -0.3 is 14.9 Å². The molecule has 0 aromatic carbocycles. The first-order valence-corrected chi connectivity index (χ1v) is 6.23. The van der Waals surface area contributed by atoms with Crippen LogP contribution in [0.4, 0.5) is 4.79 Å². The molecule has 0 saturated carbocycles. The number of alkyl halides is 1. The minimum atomic E-state index is -1.21. The molecule has 17 heavy (non-hydrogen) atoms. The molecule has 0 aliphatic carbocycles. The molecule has 2 atom stereocenters. The van der Waals surface area contributed by atoms with E-state index in [-0.39, 0.29) is 13.0 Å². The van der Waals surface area contributed by atoms with Gasteiger partial charge in [-0.05, 0) is 43.4 Å². The molecule has 1 aliphatic rings. The summed E-state index contributed by atoms with van der Waals surface area (Å²) in [6.07, 6.45) is -0.709. The monoisotopic (exact) mass is 357 g/mol. The Balaban J connectivity index is 2.81. The Morgan fingerprint density at radius 2 is 2.00 bits per heavy atom. The first-order valence-electron chi connectivity index (χ1n) is 5.15. The van der Waals surface area contributed by atoms with E-state index in [9.17, 15) is 14.7 Å². The van der Waals surface area contributed by atoms with Gasteiger partial charge in [0, 0.05) is 6.42 Å². The summed E-state index contributed by atoms with van der Waals surface area (Å²) in [7, 11) is 0. The molecule has 1 fully saturated rings. The SMILES string of the molecule is CC(C)(C)OC(=O)N1C[C@@](O)(I)C[C@@H]1C(=O)O. The van der Waals surface area contributed by atoms with Crippen molar-refractivity contribution in [1.29, 1.82) is 0 Å². The van der Waals surface area contributed by atoms with Gasteiger partial charge >= 0.3 is 12.1 Å². The second-order valence-electron chi connectivity index (χ2n) is 5.08. The quantitative estimate of drug-likeness (QED) is 0.544. The van der Waals surface area contributed by atoms with Gasteiger partial charge in [0.2, 0.25) is 0 Å². The molecule has 1 rings (SSSR count). The number of amides is 1. The highest BCUT2D eigenvalue weighted by Gasteiger charge is 2.47. The number of carboxylic acids is 1. The Kier molecular flexibility index (Phi) is 3.92. The second-order valence-corrected chi connectivity index (χ2v) is 7.09. The van der Waals surface area contributed by atoms with Crippen LogP contribution in [-0.2, 0) is 9.53 Å². The Labute approximate surface area is 113 Å². The Morgan fingerprint density at radius 3 is 2.41 bits per heavy atom. The van der Waals surface area contributed by atoms with Gasteiger partial charge in [0.25, 0.3) is 0 Å². The van der Waals surface area contributed by atoms with E-state index in [0.717, 1.165) is 4.90 Å². The number of halogens is 1. The van der Waals surface area contributed by atoms with E-state index in [1.165, 1.54) is 0 Å². The third kappa shape index (κ3) is 3.98. The van der Waals surface area contributed by atoms with Gasteiger partial charge in [0.15, 0.2) is 0 Å². The molecule has 1 aliphatic heterocycles. The van der Waals surface area contributed by atoms with Crippen LogP contribution < -0.4 is 0 Å². The number of hydrogen-bond donors (Lipinski definition) is 2. The van der Waals surface area contributed by atoms with E-state index >= 15 is 0 Å². The number of β-amino-alcohol motifs (C(OH)–C–C–N with tert-alkyl or cyclic N) is 1. The highest BCUT2D eigenvalue weighted by molar-refractivity contribution is 14.1. The number of likely N-dealkylation sites (tertiary alicyclic amines) is 1. The van der Waals surface area contributed by atoms with Gasteiger partial charge in [0.1, 0.15) is 15.3 Å². The molecular formula is C10H16INO5. The van der Waals surface area contributed by atoms with Crippen molar-refractivity contribution >= 4 is 34.7 Å². The summed E-state index contributed by atoms with van der Waals surface area (Å²) in [5, 5.41) is 18.8. The van der Waals surface area contributed by atoms with Gasteiger partial charge in [-0.1, -0.05) is 0 Å². The summed E-state index contributed by atoms with van der Waals surface area (Å²) in [6, 6.07) is -1.04. The van der Waals surface area contributed by atoms with E-state index in [2.05, 4.69) is 0 Å². The van der Waals surface area contributed by atoms with Gasteiger partial charge in [-0.2, -0.15) is 0 Å². The number of aliphatic carboxylic acids is 1. The zero-order valence-corrected chi connectivity index (χ0v) is 12.1. The number of nitrogens with zero attached hydrogens (tertiary/aromatic N) is 1. The smallest absolute Gasteiger partial charge is 0.411 e. The Hall–Kier alpha value is -0.570. The first kappa shape index (κ1) is 14.5. The largest absolute Gasteiger partial charge is 0.480 e. The van der Waals surface area contributed by atoms with Crippen LogP contribution in [0.5, 0.6) is 0 Å². The zero-order valence-electron chi connectivity index (χ0n) is 9.94. The molecule has 0 aromatic heterocycles. The highest BCUT2D eigenvalue weighted by Crippen LogP contribution is 2.33. The summed E-state index contributed by atoms with van der Waals surface area (Å²) in [4.78, 5) is 23.9. The van der Waals surface area contributed by atoms with Crippen molar-refractivity contribution in [2.24, 2.45) is 0 Å². The fourth-order valence-corrected chi connectivity index (χ4v) is 2.36. The third-order valence-corrected chi connectivity index (χ3v) is 2.99. The van der Waals surface area contributed by atoms with Crippen molar-refractivity contribution in [2.75, 3.05) is 6.54 Å². The Bertz CT molecular complexity index is 336. The Morgan fingerprint density at radius 1 is 1.47 bits per heavy atom. The molecule has 0 spiro atoms. The van der Waals surface area contributed by atoms with E-state index in [4.69, 9.17) is 9.84 Å². The number of carbonyl (C=O) groups excluding carboxylic acids is 1. The third-order valence-electron chi connectivity index (χ3n) is 2.21. The van der Waals surface area contributed by atoms with Crippen molar-refractivity contribution in [3.05, 3.63) is 0 Å². The molecule has 6 nitrogen and oxygen atoms in total. The lowest BCUT2D eigenvalue weighted by molar-refractivity contribution is -0.142. The van der Waals surface area contributed by atoms with Gasteiger partial charge in [-0.15, -0.1) is 0 Å². The van der Waals surface area contributed by atoms with E-state index in [0.29, 0.717) is 0 Å². The van der Waals surface area contributed by atoms with Crippen LogP contribution in [0.25, 0.3) is 0 Å². The zero-order chi connectivity index (χ0) is 13.4. The summed E-state index contributed by atoms with van der Waals surface area (Å²) < 4.78 is 3.89. The normalized spacial score (nSPS) is 29.2. The summed E-state index contributed by atoms with van der Waals surface area (Å²) in [5.74, 6) is -1.14. The van der Waals surface area contributed by atoms with Crippen LogP contribution in [0.3, 0.4) is 0 Å². The topological polar surface area (TPSA) is 87.1 Å². The molecule has 2 N–H and O–H groups in total. The molecule has 98 valence electrons. The van der Waals surface area contributed by atoms with Crippen LogP contribution in [0.2, 0.25) is 0 Å². The minimum Gasteiger partial charge on any atom is -0.480 e. The van der Waals surface area contributed by atoms with Crippen LogP contribution in [0.15, 0.2) is 0 Å². The predicted octanol–water partition coefficient (Wildman–Crippen LogP) is 1.20. The molecule has 0 aromatic rings. The predicted molar refractivity (Wildman–Crippen MR) is 68.0 cm³/mol. The maximum absolute atomic E-state index is 11.8. The van der Waals surface area contributed by atoms with Crippen LogP contribution >= 0.6 is 22.6 Å². The van der Waals surface area contributed by atoms with Crippen molar-refractivity contribution < 1.29 is 24.5 Å². The molecular weight excluding hydrogens is 341 g/mol.